The molecule has 2 amide bonds. The molecular formula is C23H28N2O4. The highest BCUT2D eigenvalue weighted by molar-refractivity contribution is 6.04. The van der Waals surface area contributed by atoms with E-state index in [1.54, 1.807) is 24.3 Å². The van der Waals surface area contributed by atoms with Crippen molar-refractivity contribution in [2.45, 2.75) is 33.1 Å². The van der Waals surface area contributed by atoms with Gasteiger partial charge in [0.15, 0.2) is 6.61 Å². The number of para-hydroxylation sites is 1. The largest absolute Gasteiger partial charge is 0.456 e. The van der Waals surface area contributed by atoms with Crippen molar-refractivity contribution in [3.05, 3.63) is 65.7 Å². The molecule has 0 aromatic heterocycles. The van der Waals surface area contributed by atoms with E-state index in [0.29, 0.717) is 23.7 Å². The highest BCUT2D eigenvalue weighted by atomic mass is 16.5. The summed E-state index contributed by atoms with van der Waals surface area (Å²) in [5, 5.41) is 5.47. The van der Waals surface area contributed by atoms with E-state index in [4.69, 9.17) is 4.74 Å². The number of anilines is 1. The van der Waals surface area contributed by atoms with Gasteiger partial charge in [0.25, 0.3) is 11.8 Å². The molecule has 0 unspecified atom stereocenters. The van der Waals surface area contributed by atoms with Crippen LogP contribution in [0.5, 0.6) is 0 Å². The van der Waals surface area contributed by atoms with Gasteiger partial charge >= 0.3 is 5.97 Å². The normalized spacial score (nSPS) is 11.6. The molecular weight excluding hydrogens is 368 g/mol. The number of esters is 1. The van der Waals surface area contributed by atoms with Gasteiger partial charge in [-0.3, -0.25) is 14.4 Å². The van der Waals surface area contributed by atoms with Crippen molar-refractivity contribution in [1.82, 2.24) is 5.32 Å². The average Bonchev–Trinajstić information content (AvgIpc) is 2.71. The summed E-state index contributed by atoms with van der Waals surface area (Å²) in [4.78, 5) is 36.6. The number of ether oxygens (including phenoxy) is 1. The summed E-state index contributed by atoms with van der Waals surface area (Å²) in [6.45, 7) is 6.07. The predicted molar refractivity (Wildman–Crippen MR) is 113 cm³/mol. The average molecular weight is 396 g/mol. The van der Waals surface area contributed by atoms with Crippen molar-refractivity contribution in [3.8, 4) is 0 Å². The number of carbonyl (C=O) groups is 3. The fraction of sp³-hybridized carbons (Fsp3) is 0.348. The zero-order valence-electron chi connectivity index (χ0n) is 17.1. The maximum atomic E-state index is 12.3. The molecule has 0 aliphatic rings. The Kier molecular flexibility index (Phi) is 8.40. The maximum Gasteiger partial charge on any atom is 0.306 e. The van der Waals surface area contributed by atoms with Gasteiger partial charge in [-0.2, -0.15) is 0 Å². The zero-order valence-corrected chi connectivity index (χ0v) is 17.1. The van der Waals surface area contributed by atoms with Crippen LogP contribution in [-0.2, 0) is 14.3 Å². The molecule has 0 bridgehead atoms. The van der Waals surface area contributed by atoms with Crippen molar-refractivity contribution in [2.24, 2.45) is 5.92 Å². The van der Waals surface area contributed by atoms with Gasteiger partial charge in [0.1, 0.15) is 0 Å². The second-order valence-electron chi connectivity index (χ2n) is 7.37. The SMILES string of the molecule is CC(C)CNC(=O)c1ccccc1NC(=O)COC(=O)C[C@@H](C)c1ccccc1. The second-order valence-corrected chi connectivity index (χ2v) is 7.37. The Balaban J connectivity index is 1.86. The lowest BCUT2D eigenvalue weighted by Gasteiger charge is -2.13. The first-order valence-electron chi connectivity index (χ1n) is 9.74. The van der Waals surface area contributed by atoms with Crippen LogP contribution in [0.2, 0.25) is 0 Å². The number of hydrogen-bond acceptors (Lipinski definition) is 4. The Labute approximate surface area is 171 Å². The molecule has 6 heteroatoms. The summed E-state index contributed by atoms with van der Waals surface area (Å²) in [5.74, 6) is -0.881. The van der Waals surface area contributed by atoms with Gasteiger partial charge in [-0.05, 0) is 29.5 Å². The number of carbonyl (C=O) groups excluding carboxylic acids is 3. The van der Waals surface area contributed by atoms with Crippen molar-refractivity contribution in [3.63, 3.8) is 0 Å². The van der Waals surface area contributed by atoms with E-state index < -0.39 is 18.5 Å². The first-order valence-corrected chi connectivity index (χ1v) is 9.74. The number of amides is 2. The molecule has 0 saturated heterocycles. The first-order chi connectivity index (χ1) is 13.9. The standard InChI is InChI=1S/C23H28N2O4/c1-16(2)14-24-23(28)19-11-7-8-12-20(19)25-21(26)15-29-22(27)13-17(3)18-9-5-4-6-10-18/h4-12,16-17H,13-15H2,1-3H3,(H,24,28)(H,25,26)/t17-/m1/s1. The number of hydrogen-bond donors (Lipinski definition) is 2. The molecule has 2 N–H and O–H groups in total. The van der Waals surface area contributed by atoms with E-state index in [2.05, 4.69) is 10.6 Å². The van der Waals surface area contributed by atoms with E-state index >= 15 is 0 Å². The van der Waals surface area contributed by atoms with Crippen LogP contribution < -0.4 is 10.6 Å². The van der Waals surface area contributed by atoms with Crippen LogP contribution in [0.15, 0.2) is 54.6 Å². The lowest BCUT2D eigenvalue weighted by molar-refractivity contribution is -0.147. The minimum atomic E-state index is -0.491. The molecule has 2 aromatic carbocycles. The molecule has 0 saturated carbocycles. The monoisotopic (exact) mass is 396 g/mol. The minimum Gasteiger partial charge on any atom is -0.456 e. The van der Waals surface area contributed by atoms with E-state index in [1.165, 1.54) is 0 Å². The predicted octanol–water partition coefficient (Wildman–Crippen LogP) is 3.75. The van der Waals surface area contributed by atoms with Crippen molar-refractivity contribution >= 4 is 23.5 Å². The third kappa shape index (κ3) is 7.41. The van der Waals surface area contributed by atoms with Crippen LogP contribution >= 0.6 is 0 Å². The lowest BCUT2D eigenvalue weighted by Crippen LogP contribution is -2.29. The van der Waals surface area contributed by atoms with Gasteiger partial charge in [0.2, 0.25) is 0 Å². The molecule has 0 aliphatic heterocycles. The van der Waals surface area contributed by atoms with Gasteiger partial charge in [0.05, 0.1) is 17.7 Å². The maximum absolute atomic E-state index is 12.3. The second kappa shape index (κ2) is 11.0. The molecule has 6 nitrogen and oxygen atoms in total. The highest BCUT2D eigenvalue weighted by Gasteiger charge is 2.16. The molecule has 0 heterocycles. The molecule has 154 valence electrons. The topological polar surface area (TPSA) is 84.5 Å². The van der Waals surface area contributed by atoms with Gasteiger partial charge in [-0.15, -0.1) is 0 Å². The van der Waals surface area contributed by atoms with Crippen LogP contribution in [0.25, 0.3) is 0 Å². The number of nitrogens with one attached hydrogen (secondary N) is 2. The Morgan fingerprint density at radius 3 is 2.28 bits per heavy atom. The summed E-state index contributed by atoms with van der Waals surface area (Å²) in [6.07, 6.45) is 0.186. The van der Waals surface area contributed by atoms with Crippen LogP contribution in [0.3, 0.4) is 0 Å². The molecule has 0 fully saturated rings. The summed E-state index contributed by atoms with van der Waals surface area (Å²) in [5.41, 5.74) is 1.79. The lowest BCUT2D eigenvalue weighted by atomic mass is 9.98. The summed E-state index contributed by atoms with van der Waals surface area (Å²) >= 11 is 0. The number of benzene rings is 2. The molecule has 29 heavy (non-hydrogen) atoms. The Bertz CT molecular complexity index is 834. The van der Waals surface area contributed by atoms with E-state index in [9.17, 15) is 14.4 Å². The van der Waals surface area contributed by atoms with Gasteiger partial charge in [-0.25, -0.2) is 0 Å². The van der Waals surface area contributed by atoms with Crippen LogP contribution in [0.1, 0.15) is 49.0 Å². The molecule has 0 aliphatic carbocycles. The number of rotatable bonds is 9. The summed E-state index contributed by atoms with van der Waals surface area (Å²) in [7, 11) is 0. The van der Waals surface area contributed by atoms with Crippen molar-refractivity contribution in [2.75, 3.05) is 18.5 Å². The smallest absolute Gasteiger partial charge is 0.306 e. The van der Waals surface area contributed by atoms with E-state index in [1.807, 2.05) is 51.1 Å². The highest BCUT2D eigenvalue weighted by Crippen LogP contribution is 2.19. The third-order valence-corrected chi connectivity index (χ3v) is 4.32. The van der Waals surface area contributed by atoms with Gasteiger partial charge < -0.3 is 15.4 Å². The molecule has 0 spiro atoms. The Morgan fingerprint density at radius 2 is 1.59 bits per heavy atom. The molecule has 2 aromatic rings. The van der Waals surface area contributed by atoms with Crippen LogP contribution in [0, 0.1) is 5.92 Å². The van der Waals surface area contributed by atoms with Crippen molar-refractivity contribution in [1.29, 1.82) is 0 Å². The zero-order chi connectivity index (χ0) is 21.2. The van der Waals surface area contributed by atoms with Crippen LogP contribution in [-0.4, -0.2) is 30.9 Å². The van der Waals surface area contributed by atoms with Crippen LogP contribution in [0.4, 0.5) is 5.69 Å². The fourth-order valence-corrected chi connectivity index (χ4v) is 2.72. The third-order valence-electron chi connectivity index (χ3n) is 4.32. The molecule has 0 radical (unpaired) electrons. The molecule has 2 rings (SSSR count). The quantitative estimate of drug-likeness (QED) is 0.632. The summed E-state index contributed by atoms with van der Waals surface area (Å²) in [6, 6.07) is 16.4. The fourth-order valence-electron chi connectivity index (χ4n) is 2.72. The summed E-state index contributed by atoms with van der Waals surface area (Å²) < 4.78 is 5.10. The van der Waals surface area contributed by atoms with Gasteiger partial charge in [0, 0.05) is 6.54 Å². The molecule has 1 atom stereocenters. The minimum absolute atomic E-state index is 0.00265. The van der Waals surface area contributed by atoms with E-state index in [-0.39, 0.29) is 18.2 Å². The van der Waals surface area contributed by atoms with Crippen molar-refractivity contribution < 1.29 is 19.1 Å². The first kappa shape index (κ1) is 22.1. The Morgan fingerprint density at radius 1 is 0.931 bits per heavy atom. The van der Waals surface area contributed by atoms with E-state index in [0.717, 1.165) is 5.56 Å². The van der Waals surface area contributed by atoms with Gasteiger partial charge in [-0.1, -0.05) is 63.2 Å². The Hall–Kier alpha value is -3.15.